The number of carbonyl (C=O) groups excluding carboxylic acids is 2. The van der Waals surface area contributed by atoms with Crippen LogP contribution < -0.4 is 10.6 Å². The number of hydrogen-bond donors (Lipinski definition) is 3. The molecule has 0 unspecified atom stereocenters. The highest BCUT2D eigenvalue weighted by Crippen LogP contribution is 2.36. The van der Waals surface area contributed by atoms with Crippen LogP contribution in [0.4, 0.5) is 9.59 Å². The number of rotatable bonds is 4. The van der Waals surface area contributed by atoms with Crippen molar-refractivity contribution in [1.29, 1.82) is 0 Å². The Morgan fingerprint density at radius 2 is 1.22 bits per heavy atom. The van der Waals surface area contributed by atoms with Gasteiger partial charge >= 0.3 is 12.2 Å². The summed E-state index contributed by atoms with van der Waals surface area (Å²) in [5, 5.41) is 15.7. The zero-order valence-corrected chi connectivity index (χ0v) is 26.2. The first-order valence-corrected chi connectivity index (χ1v) is 16.3. The average molecular weight is 547 g/mol. The van der Waals surface area contributed by atoms with Crippen LogP contribution in [0.2, 0.25) is 18.1 Å². The van der Waals surface area contributed by atoms with Gasteiger partial charge in [-0.05, 0) is 59.7 Å². The largest absolute Gasteiger partial charge is 0.444 e. The summed E-state index contributed by atoms with van der Waals surface area (Å²) in [7, 11) is -1.75. The number of nitrogens with one attached hydrogen (secondary N) is 2. The van der Waals surface area contributed by atoms with Crippen molar-refractivity contribution in [3.05, 3.63) is 0 Å². The number of piperazine rings is 2. The first kappa shape index (κ1) is 33.6. The number of carbonyl (C=O) groups is 2. The first-order valence-electron chi connectivity index (χ1n) is 13.4. The minimum absolute atomic E-state index is 0.0359. The van der Waals surface area contributed by atoms with Crippen molar-refractivity contribution in [2.75, 3.05) is 52.5 Å². The van der Waals surface area contributed by atoms with E-state index in [1.807, 2.05) is 41.5 Å². The Kier molecular flexibility index (Phi) is 12.4. The molecular formula is C26H54N4O6Si. The zero-order chi connectivity index (χ0) is 28.7. The maximum atomic E-state index is 12.2. The summed E-state index contributed by atoms with van der Waals surface area (Å²) < 4.78 is 17.0. The molecule has 0 spiro atoms. The van der Waals surface area contributed by atoms with Crippen molar-refractivity contribution in [3.63, 3.8) is 0 Å². The lowest BCUT2D eigenvalue weighted by Gasteiger charge is -2.39. The average Bonchev–Trinajstić information content (AvgIpc) is 2.75. The molecule has 0 aromatic heterocycles. The number of aliphatic hydroxyl groups is 1. The molecule has 2 fully saturated rings. The molecule has 2 rings (SSSR count). The maximum Gasteiger partial charge on any atom is 0.410 e. The molecule has 0 saturated carbocycles. The van der Waals surface area contributed by atoms with Crippen LogP contribution in [0.15, 0.2) is 0 Å². The highest BCUT2D eigenvalue weighted by Gasteiger charge is 2.38. The summed E-state index contributed by atoms with van der Waals surface area (Å²) in [5.74, 6) is 0. The second-order valence-corrected chi connectivity index (χ2v) is 18.2. The molecule has 3 N–H and O–H groups in total. The SMILES string of the molecule is CC(C)(C)OC(=O)N1CCN[C@@H](CO)C1.CC(C)(C)OC(=O)N1CCN[C@@H](CO[Si](C)(C)C(C)(C)C)C1. The van der Waals surface area contributed by atoms with Gasteiger partial charge in [-0.2, -0.15) is 0 Å². The van der Waals surface area contributed by atoms with Gasteiger partial charge in [-0.1, -0.05) is 20.8 Å². The van der Waals surface area contributed by atoms with Crippen LogP contribution in [0.3, 0.4) is 0 Å². The van der Waals surface area contributed by atoms with Gasteiger partial charge in [0, 0.05) is 51.4 Å². The van der Waals surface area contributed by atoms with E-state index in [1.54, 1.807) is 9.80 Å². The fourth-order valence-corrected chi connectivity index (χ4v) is 4.45. The van der Waals surface area contributed by atoms with E-state index >= 15 is 0 Å². The second-order valence-electron chi connectivity index (χ2n) is 13.4. The van der Waals surface area contributed by atoms with Crippen LogP contribution in [-0.2, 0) is 13.9 Å². The Hall–Kier alpha value is -1.40. The number of amides is 2. The molecule has 2 atom stereocenters. The van der Waals surface area contributed by atoms with Crippen molar-refractivity contribution in [2.24, 2.45) is 0 Å². The minimum Gasteiger partial charge on any atom is -0.444 e. The Bertz CT molecular complexity index is 730. The Morgan fingerprint density at radius 3 is 1.59 bits per heavy atom. The highest BCUT2D eigenvalue weighted by molar-refractivity contribution is 6.74. The highest BCUT2D eigenvalue weighted by atomic mass is 28.4. The van der Waals surface area contributed by atoms with Gasteiger partial charge in [0.1, 0.15) is 11.2 Å². The van der Waals surface area contributed by atoms with Crippen LogP contribution >= 0.6 is 0 Å². The summed E-state index contributed by atoms with van der Waals surface area (Å²) in [6, 6.07) is 0.140. The van der Waals surface area contributed by atoms with Crippen molar-refractivity contribution in [2.45, 2.75) is 104 Å². The predicted octanol–water partition coefficient (Wildman–Crippen LogP) is 3.40. The fourth-order valence-electron chi connectivity index (χ4n) is 3.39. The summed E-state index contributed by atoms with van der Waals surface area (Å²) in [6.45, 7) is 27.1. The Morgan fingerprint density at radius 1 is 0.811 bits per heavy atom. The van der Waals surface area contributed by atoms with E-state index in [1.165, 1.54) is 0 Å². The molecule has 0 radical (unpaired) electrons. The molecule has 0 aromatic carbocycles. The predicted molar refractivity (Wildman–Crippen MR) is 149 cm³/mol. The summed E-state index contributed by atoms with van der Waals surface area (Å²) in [6.07, 6.45) is -0.534. The van der Waals surface area contributed by atoms with Gasteiger partial charge in [-0.25, -0.2) is 9.59 Å². The van der Waals surface area contributed by atoms with Gasteiger partial charge in [-0.15, -0.1) is 0 Å². The summed E-state index contributed by atoms with van der Waals surface area (Å²) in [4.78, 5) is 27.2. The smallest absolute Gasteiger partial charge is 0.410 e. The van der Waals surface area contributed by atoms with E-state index in [4.69, 9.17) is 19.0 Å². The third kappa shape index (κ3) is 12.8. The number of ether oxygens (including phenoxy) is 2. The summed E-state index contributed by atoms with van der Waals surface area (Å²) in [5.41, 5.74) is -0.911. The molecular weight excluding hydrogens is 492 g/mol. The molecule has 2 aliphatic rings. The molecule has 2 amide bonds. The standard InChI is InChI=1S/C16H34N2O3Si.C10H20N2O3/c1-15(2,3)21-14(19)18-10-9-17-13(11-18)12-20-22(7,8)16(4,5)6;1-10(2,3)15-9(14)12-5-4-11-8(6-12)7-13/h13,17H,9-12H2,1-8H3;8,11,13H,4-7H2,1-3H3/t13-;8-/m11/s1. The van der Waals surface area contributed by atoms with Crippen molar-refractivity contribution < 1.29 is 28.6 Å². The lowest BCUT2D eigenvalue weighted by atomic mass is 10.2. The molecule has 37 heavy (non-hydrogen) atoms. The molecule has 10 nitrogen and oxygen atoms in total. The first-order chi connectivity index (χ1) is 16.7. The molecule has 218 valence electrons. The van der Waals surface area contributed by atoms with E-state index in [2.05, 4.69) is 44.5 Å². The molecule has 0 aromatic rings. The third-order valence-electron chi connectivity index (χ3n) is 6.49. The Labute approximate surface area is 225 Å². The van der Waals surface area contributed by atoms with Crippen LogP contribution in [-0.4, -0.2) is 111 Å². The molecule has 2 aliphatic heterocycles. The number of nitrogens with zero attached hydrogens (tertiary/aromatic N) is 2. The number of hydrogen-bond acceptors (Lipinski definition) is 8. The normalized spacial score (nSPS) is 21.6. The van der Waals surface area contributed by atoms with E-state index in [-0.39, 0.29) is 35.9 Å². The zero-order valence-electron chi connectivity index (χ0n) is 25.2. The van der Waals surface area contributed by atoms with E-state index in [0.29, 0.717) is 39.3 Å². The Balaban J connectivity index is 0.000000397. The van der Waals surface area contributed by atoms with Gasteiger partial charge in [0.25, 0.3) is 0 Å². The van der Waals surface area contributed by atoms with Gasteiger partial charge in [0.15, 0.2) is 8.32 Å². The molecule has 2 heterocycles. The van der Waals surface area contributed by atoms with Crippen LogP contribution in [0.5, 0.6) is 0 Å². The fraction of sp³-hybridized carbons (Fsp3) is 0.923. The van der Waals surface area contributed by atoms with Crippen molar-refractivity contribution in [1.82, 2.24) is 20.4 Å². The lowest BCUT2D eigenvalue weighted by molar-refractivity contribution is 0.0164. The van der Waals surface area contributed by atoms with Gasteiger partial charge < -0.3 is 39.4 Å². The minimum atomic E-state index is -1.75. The van der Waals surface area contributed by atoms with E-state index in [9.17, 15) is 9.59 Å². The quantitative estimate of drug-likeness (QED) is 0.460. The van der Waals surface area contributed by atoms with Gasteiger partial charge in [0.2, 0.25) is 0 Å². The van der Waals surface area contributed by atoms with Crippen molar-refractivity contribution in [3.8, 4) is 0 Å². The molecule has 0 aliphatic carbocycles. The van der Waals surface area contributed by atoms with E-state index in [0.717, 1.165) is 6.54 Å². The number of aliphatic hydroxyl groups excluding tert-OH is 1. The van der Waals surface area contributed by atoms with E-state index < -0.39 is 19.5 Å². The van der Waals surface area contributed by atoms with Crippen LogP contribution in [0.25, 0.3) is 0 Å². The lowest BCUT2D eigenvalue weighted by Crippen LogP contribution is -2.56. The van der Waals surface area contributed by atoms with Gasteiger partial charge in [0.05, 0.1) is 13.2 Å². The maximum absolute atomic E-state index is 12.2. The second kappa shape index (κ2) is 13.6. The van der Waals surface area contributed by atoms with Gasteiger partial charge in [-0.3, -0.25) is 0 Å². The molecule has 11 heteroatoms. The van der Waals surface area contributed by atoms with Crippen LogP contribution in [0.1, 0.15) is 62.3 Å². The third-order valence-corrected chi connectivity index (χ3v) is 11.0. The van der Waals surface area contributed by atoms with Crippen molar-refractivity contribution >= 4 is 20.5 Å². The molecule has 2 saturated heterocycles. The monoisotopic (exact) mass is 546 g/mol. The topological polar surface area (TPSA) is 113 Å². The molecule has 0 bridgehead atoms. The summed E-state index contributed by atoms with van der Waals surface area (Å²) >= 11 is 0. The van der Waals surface area contributed by atoms with Crippen LogP contribution in [0, 0.1) is 0 Å².